The van der Waals surface area contributed by atoms with Crippen LogP contribution in [0.2, 0.25) is 0 Å². The van der Waals surface area contributed by atoms with E-state index in [2.05, 4.69) is 19.6 Å². The van der Waals surface area contributed by atoms with Crippen LogP contribution in [0.15, 0.2) is 83.0 Å². The largest absolute Gasteiger partial charge is 0.339 e. The standard InChI is InChI=1S/C23H21N5OS/c29-23(18-7-9-19(10-8-18)30-21-6-1-3-13-24-21)27-15-11-17(12-16-27)22-26-25-20-5-2-4-14-28(20)22/h1-10,13-14,17H,11-12,15-16H2. The highest BCUT2D eigenvalue weighted by Crippen LogP contribution is 2.29. The molecule has 5 rings (SSSR count). The number of likely N-dealkylation sites (tertiary alicyclic amines) is 1. The number of pyridine rings is 2. The number of amides is 1. The molecule has 1 aliphatic heterocycles. The quantitative estimate of drug-likeness (QED) is 0.497. The molecule has 3 aromatic heterocycles. The molecule has 6 nitrogen and oxygen atoms in total. The summed E-state index contributed by atoms with van der Waals surface area (Å²) in [5.74, 6) is 1.41. The molecule has 0 spiro atoms. The van der Waals surface area contributed by atoms with Crippen molar-refractivity contribution < 1.29 is 4.79 Å². The number of carbonyl (C=O) groups is 1. The minimum Gasteiger partial charge on any atom is -0.339 e. The van der Waals surface area contributed by atoms with Gasteiger partial charge in [-0.15, -0.1) is 10.2 Å². The number of benzene rings is 1. The van der Waals surface area contributed by atoms with E-state index in [0.717, 1.165) is 52.9 Å². The fourth-order valence-corrected chi connectivity index (χ4v) is 4.63. The molecule has 1 aromatic carbocycles. The van der Waals surface area contributed by atoms with Gasteiger partial charge in [0.1, 0.15) is 10.9 Å². The van der Waals surface area contributed by atoms with Crippen molar-refractivity contribution in [3.05, 3.63) is 84.4 Å². The molecule has 1 saturated heterocycles. The van der Waals surface area contributed by atoms with Crippen LogP contribution in [0.3, 0.4) is 0 Å². The summed E-state index contributed by atoms with van der Waals surface area (Å²) >= 11 is 1.59. The third-order valence-electron chi connectivity index (χ3n) is 5.45. The number of nitrogens with zero attached hydrogens (tertiary/aromatic N) is 5. The van der Waals surface area contributed by atoms with E-state index in [1.54, 1.807) is 18.0 Å². The van der Waals surface area contributed by atoms with Gasteiger partial charge in [0.2, 0.25) is 0 Å². The van der Waals surface area contributed by atoms with Gasteiger partial charge in [-0.1, -0.05) is 23.9 Å². The Bertz CT molecular complexity index is 1150. The minimum atomic E-state index is 0.0916. The fourth-order valence-electron chi connectivity index (χ4n) is 3.86. The summed E-state index contributed by atoms with van der Waals surface area (Å²) in [6, 6.07) is 19.6. The molecule has 0 radical (unpaired) electrons. The highest BCUT2D eigenvalue weighted by molar-refractivity contribution is 7.99. The van der Waals surface area contributed by atoms with Gasteiger partial charge >= 0.3 is 0 Å². The normalized spacial score (nSPS) is 14.9. The molecule has 1 amide bonds. The summed E-state index contributed by atoms with van der Waals surface area (Å²) < 4.78 is 2.06. The van der Waals surface area contributed by atoms with Gasteiger partial charge in [-0.05, 0) is 61.4 Å². The lowest BCUT2D eigenvalue weighted by Gasteiger charge is -2.31. The average molecular weight is 416 g/mol. The number of carbonyl (C=O) groups excluding carboxylic acids is 1. The maximum Gasteiger partial charge on any atom is 0.253 e. The number of fused-ring (bicyclic) bond motifs is 1. The molecule has 30 heavy (non-hydrogen) atoms. The van der Waals surface area contributed by atoms with E-state index in [1.165, 1.54) is 0 Å². The van der Waals surface area contributed by atoms with Crippen LogP contribution in [0.1, 0.15) is 34.9 Å². The summed E-state index contributed by atoms with van der Waals surface area (Å²) in [5, 5.41) is 9.60. The maximum atomic E-state index is 12.9. The summed E-state index contributed by atoms with van der Waals surface area (Å²) in [4.78, 5) is 20.3. The molecule has 4 aromatic rings. The molecule has 0 bridgehead atoms. The van der Waals surface area contributed by atoms with Crippen molar-refractivity contribution in [2.45, 2.75) is 28.7 Å². The fraction of sp³-hybridized carbons (Fsp3) is 0.217. The number of hydrogen-bond donors (Lipinski definition) is 0. The summed E-state index contributed by atoms with van der Waals surface area (Å²) in [5.41, 5.74) is 1.60. The Morgan fingerprint density at radius 2 is 1.73 bits per heavy atom. The van der Waals surface area contributed by atoms with Gasteiger partial charge in [0, 0.05) is 41.9 Å². The zero-order chi connectivity index (χ0) is 20.3. The van der Waals surface area contributed by atoms with Gasteiger partial charge in [-0.2, -0.15) is 0 Å². The molecule has 0 atom stereocenters. The lowest BCUT2D eigenvalue weighted by molar-refractivity contribution is 0.0711. The van der Waals surface area contributed by atoms with E-state index in [9.17, 15) is 4.79 Å². The van der Waals surface area contributed by atoms with Crippen LogP contribution >= 0.6 is 11.8 Å². The molecule has 0 unspecified atom stereocenters. The van der Waals surface area contributed by atoms with E-state index >= 15 is 0 Å². The maximum absolute atomic E-state index is 12.9. The van der Waals surface area contributed by atoms with E-state index < -0.39 is 0 Å². The predicted molar refractivity (Wildman–Crippen MR) is 116 cm³/mol. The predicted octanol–water partition coefficient (Wildman–Crippen LogP) is 4.30. The lowest BCUT2D eigenvalue weighted by Crippen LogP contribution is -2.38. The first-order valence-corrected chi connectivity index (χ1v) is 10.9. The van der Waals surface area contributed by atoms with E-state index in [1.807, 2.05) is 71.8 Å². The van der Waals surface area contributed by atoms with E-state index in [0.29, 0.717) is 5.92 Å². The van der Waals surface area contributed by atoms with Crippen molar-refractivity contribution in [1.82, 2.24) is 24.5 Å². The molecule has 0 N–H and O–H groups in total. The van der Waals surface area contributed by atoms with Crippen LogP contribution in [0.4, 0.5) is 0 Å². The van der Waals surface area contributed by atoms with E-state index in [-0.39, 0.29) is 5.91 Å². The Morgan fingerprint density at radius 3 is 2.50 bits per heavy atom. The molecule has 0 aliphatic carbocycles. The van der Waals surface area contributed by atoms with Crippen molar-refractivity contribution in [3.8, 4) is 0 Å². The Balaban J connectivity index is 1.22. The van der Waals surface area contributed by atoms with Crippen LogP contribution in [0, 0.1) is 0 Å². The summed E-state index contributed by atoms with van der Waals surface area (Å²) in [6.07, 6.45) is 5.59. The smallest absolute Gasteiger partial charge is 0.253 e. The molecule has 1 aliphatic rings. The van der Waals surface area contributed by atoms with Crippen molar-refractivity contribution in [2.24, 2.45) is 0 Å². The van der Waals surface area contributed by atoms with Crippen molar-refractivity contribution in [1.29, 1.82) is 0 Å². The van der Waals surface area contributed by atoms with Gasteiger partial charge < -0.3 is 4.90 Å². The monoisotopic (exact) mass is 415 g/mol. The average Bonchev–Trinajstić information content (AvgIpc) is 3.24. The third kappa shape index (κ3) is 3.80. The number of hydrogen-bond acceptors (Lipinski definition) is 5. The third-order valence-corrected chi connectivity index (χ3v) is 6.41. The number of aromatic nitrogens is 4. The summed E-state index contributed by atoms with van der Waals surface area (Å²) in [7, 11) is 0. The Hall–Kier alpha value is -3.19. The van der Waals surface area contributed by atoms with E-state index in [4.69, 9.17) is 0 Å². The zero-order valence-electron chi connectivity index (χ0n) is 16.4. The molecular weight excluding hydrogens is 394 g/mol. The second-order valence-electron chi connectivity index (χ2n) is 7.35. The summed E-state index contributed by atoms with van der Waals surface area (Å²) in [6.45, 7) is 1.46. The number of piperidine rings is 1. The first-order valence-electron chi connectivity index (χ1n) is 10.1. The van der Waals surface area contributed by atoms with Gasteiger partial charge in [-0.3, -0.25) is 9.20 Å². The second-order valence-corrected chi connectivity index (χ2v) is 8.44. The van der Waals surface area contributed by atoms with Crippen molar-refractivity contribution in [3.63, 3.8) is 0 Å². The molecule has 1 fully saturated rings. The second kappa shape index (κ2) is 8.28. The van der Waals surface area contributed by atoms with Gasteiger partial charge in [0.05, 0.1) is 0 Å². The molecule has 7 heteroatoms. The van der Waals surface area contributed by atoms with Crippen LogP contribution < -0.4 is 0 Å². The first-order chi connectivity index (χ1) is 14.8. The number of rotatable bonds is 4. The van der Waals surface area contributed by atoms with Crippen LogP contribution in [-0.2, 0) is 0 Å². The highest BCUT2D eigenvalue weighted by Gasteiger charge is 2.27. The Labute approximate surface area is 179 Å². The topological polar surface area (TPSA) is 63.4 Å². The van der Waals surface area contributed by atoms with Crippen molar-refractivity contribution in [2.75, 3.05) is 13.1 Å². The van der Waals surface area contributed by atoms with Crippen LogP contribution in [0.5, 0.6) is 0 Å². The minimum absolute atomic E-state index is 0.0916. The molecule has 0 saturated carbocycles. The van der Waals surface area contributed by atoms with Crippen molar-refractivity contribution >= 4 is 23.3 Å². The SMILES string of the molecule is O=C(c1ccc(Sc2ccccn2)cc1)N1CCC(c2nnc3ccccn23)CC1. The molecular formula is C23H21N5OS. The van der Waals surface area contributed by atoms with Gasteiger partial charge in [0.15, 0.2) is 5.65 Å². The molecule has 150 valence electrons. The lowest BCUT2D eigenvalue weighted by atomic mass is 9.95. The first kappa shape index (κ1) is 18.8. The van der Waals surface area contributed by atoms with Crippen LogP contribution in [0.25, 0.3) is 5.65 Å². The Morgan fingerprint density at radius 1 is 0.933 bits per heavy atom. The van der Waals surface area contributed by atoms with Gasteiger partial charge in [0.25, 0.3) is 5.91 Å². The Kier molecular flexibility index (Phi) is 5.19. The highest BCUT2D eigenvalue weighted by atomic mass is 32.2. The van der Waals surface area contributed by atoms with Gasteiger partial charge in [-0.25, -0.2) is 4.98 Å². The zero-order valence-corrected chi connectivity index (χ0v) is 17.2. The van der Waals surface area contributed by atoms with Crippen LogP contribution in [-0.4, -0.2) is 43.5 Å². The molecule has 4 heterocycles.